The van der Waals surface area contributed by atoms with Gasteiger partial charge in [-0.15, -0.1) is 0 Å². The van der Waals surface area contributed by atoms with E-state index in [1.807, 2.05) is 37.3 Å². The fourth-order valence-electron chi connectivity index (χ4n) is 6.44. The van der Waals surface area contributed by atoms with Crippen LogP contribution in [0.1, 0.15) is 100 Å². The maximum Gasteiger partial charge on any atom is 0.326 e. The minimum absolute atomic E-state index is 0.201. The summed E-state index contributed by atoms with van der Waals surface area (Å²) < 4.78 is 29.8. The molecule has 2 fully saturated rings. The number of carbonyl (C=O) groups excluding carboxylic acids is 1. The lowest BCUT2D eigenvalue weighted by atomic mass is 9.84. The summed E-state index contributed by atoms with van der Waals surface area (Å²) in [5.41, 5.74) is 3.88. The number of carboxylic acids is 1. The first-order chi connectivity index (χ1) is 21.2. The molecule has 0 saturated heterocycles. The van der Waals surface area contributed by atoms with Crippen molar-refractivity contribution in [2.24, 2.45) is 5.92 Å². The van der Waals surface area contributed by atoms with Crippen molar-refractivity contribution in [3.63, 3.8) is 0 Å². The van der Waals surface area contributed by atoms with E-state index in [0.29, 0.717) is 30.2 Å². The number of amides is 1. The Kier molecular flexibility index (Phi) is 11.9. The third-order valence-electron chi connectivity index (χ3n) is 9.03. The Balaban J connectivity index is 1.64. The van der Waals surface area contributed by atoms with Crippen LogP contribution < -0.4 is 5.32 Å². The molecule has 248 valence electrons. The molecular weight excluding hydrogens is 588 g/mol. The summed E-state index contributed by atoms with van der Waals surface area (Å²) >= 11 is 0. The summed E-state index contributed by atoms with van der Waals surface area (Å²) in [6, 6.07) is 13.2. The maximum atomic E-state index is 13.6. The van der Waals surface area contributed by atoms with Crippen molar-refractivity contribution in [2.75, 3.05) is 18.6 Å². The van der Waals surface area contributed by atoms with Crippen LogP contribution in [0, 0.1) is 12.8 Å². The fraction of sp³-hybridized carbons (Fsp3) is 0.611. The van der Waals surface area contributed by atoms with Crippen molar-refractivity contribution in [2.45, 2.75) is 116 Å². The molecule has 1 amide bonds. The van der Waals surface area contributed by atoms with Crippen molar-refractivity contribution >= 4 is 21.7 Å². The molecule has 2 aliphatic carbocycles. The van der Waals surface area contributed by atoms with Gasteiger partial charge in [0, 0.05) is 30.4 Å². The zero-order valence-corrected chi connectivity index (χ0v) is 28.5. The van der Waals surface area contributed by atoms with Crippen molar-refractivity contribution in [1.29, 1.82) is 0 Å². The number of nitrogens with zero attached hydrogens (tertiary/aromatic N) is 1. The van der Waals surface area contributed by atoms with Gasteiger partial charge < -0.3 is 15.2 Å². The minimum Gasteiger partial charge on any atom is -0.480 e. The maximum absolute atomic E-state index is 13.6. The second kappa shape index (κ2) is 15.2. The lowest BCUT2D eigenvalue weighted by Crippen LogP contribution is -2.43. The number of hydrogen-bond acceptors (Lipinski definition) is 6. The smallest absolute Gasteiger partial charge is 0.326 e. The summed E-state index contributed by atoms with van der Waals surface area (Å²) in [6.07, 6.45) is 10.8. The van der Waals surface area contributed by atoms with Crippen LogP contribution in [0.3, 0.4) is 0 Å². The van der Waals surface area contributed by atoms with E-state index in [-0.39, 0.29) is 17.8 Å². The standard InChI is InChI=1S/C36H52N2O6S/c1-25-11-9-10-14-30(25)32-22-27(15-18-31(32)34(39)37-33(35(40)41)19-20-45(5,42)43)23-38(28-16-17-28)29(24-44-36(2,3)4)21-26-12-7-6-8-13-26/h9-11,14-15,18,22,26,28-29,33H,6-8,12-13,16-17,19-21,23-24H2,1-5H3,(H,37,39)(H,40,41). The topological polar surface area (TPSA) is 113 Å². The number of carboxylic acid groups (broad SMARTS) is 1. The molecule has 9 heteroatoms. The van der Waals surface area contributed by atoms with Crippen molar-refractivity contribution < 1.29 is 27.9 Å². The van der Waals surface area contributed by atoms with E-state index >= 15 is 0 Å². The monoisotopic (exact) mass is 640 g/mol. The zero-order valence-electron chi connectivity index (χ0n) is 27.7. The summed E-state index contributed by atoms with van der Waals surface area (Å²) in [5.74, 6) is -1.41. The molecule has 0 spiro atoms. The first-order valence-electron chi connectivity index (χ1n) is 16.5. The highest BCUT2D eigenvalue weighted by atomic mass is 32.2. The van der Waals surface area contributed by atoms with Gasteiger partial charge in [0.1, 0.15) is 15.9 Å². The number of carbonyl (C=O) groups is 2. The highest BCUT2D eigenvalue weighted by Gasteiger charge is 2.36. The van der Waals surface area contributed by atoms with Gasteiger partial charge in [-0.2, -0.15) is 0 Å². The zero-order chi connectivity index (χ0) is 32.8. The average Bonchev–Trinajstić information content (AvgIpc) is 3.81. The summed E-state index contributed by atoms with van der Waals surface area (Å²) in [6.45, 7) is 9.76. The molecule has 2 atom stereocenters. The molecule has 2 unspecified atom stereocenters. The summed E-state index contributed by atoms with van der Waals surface area (Å²) in [4.78, 5) is 28.2. The molecule has 0 aromatic heterocycles. The van der Waals surface area contributed by atoms with Crippen LogP contribution in [0.4, 0.5) is 0 Å². The lowest BCUT2D eigenvalue weighted by Gasteiger charge is -2.37. The van der Waals surface area contributed by atoms with E-state index < -0.39 is 27.8 Å². The molecule has 8 nitrogen and oxygen atoms in total. The number of aryl methyl sites for hydroxylation is 1. The Labute approximate surface area is 269 Å². The van der Waals surface area contributed by atoms with Crippen LogP contribution in [0.2, 0.25) is 0 Å². The van der Waals surface area contributed by atoms with Crippen LogP contribution in [-0.4, -0.2) is 72.6 Å². The lowest BCUT2D eigenvalue weighted by molar-refractivity contribution is -0.139. The second-order valence-electron chi connectivity index (χ2n) is 14.2. The van der Waals surface area contributed by atoms with Gasteiger partial charge in [-0.25, -0.2) is 13.2 Å². The molecule has 2 aliphatic rings. The van der Waals surface area contributed by atoms with E-state index in [2.05, 4.69) is 37.1 Å². The number of ether oxygens (including phenoxy) is 1. The normalized spacial score (nSPS) is 17.6. The number of aliphatic carboxylic acids is 1. The van der Waals surface area contributed by atoms with Crippen molar-refractivity contribution in [1.82, 2.24) is 10.2 Å². The first kappa shape index (κ1) is 35.1. The first-order valence-corrected chi connectivity index (χ1v) is 18.6. The molecule has 45 heavy (non-hydrogen) atoms. The van der Waals surface area contributed by atoms with Gasteiger partial charge in [0.25, 0.3) is 5.91 Å². The third kappa shape index (κ3) is 10.9. The molecule has 0 heterocycles. The molecule has 2 saturated carbocycles. The summed E-state index contributed by atoms with van der Waals surface area (Å²) in [7, 11) is -3.39. The van der Waals surface area contributed by atoms with Gasteiger partial charge in [0.15, 0.2) is 0 Å². The quantitative estimate of drug-likeness (QED) is 0.232. The molecule has 2 N–H and O–H groups in total. The fourth-order valence-corrected chi connectivity index (χ4v) is 7.10. The molecular formula is C36H52N2O6S. The highest BCUT2D eigenvalue weighted by Crippen LogP contribution is 2.36. The predicted molar refractivity (Wildman–Crippen MR) is 179 cm³/mol. The Bertz CT molecular complexity index is 1420. The van der Waals surface area contributed by atoms with Gasteiger partial charge in [-0.3, -0.25) is 9.69 Å². The second-order valence-corrected chi connectivity index (χ2v) is 16.5. The Morgan fingerprint density at radius 1 is 1.02 bits per heavy atom. The van der Waals surface area contributed by atoms with Gasteiger partial charge in [0.05, 0.1) is 18.0 Å². The van der Waals surface area contributed by atoms with Crippen molar-refractivity contribution in [3.8, 4) is 11.1 Å². The van der Waals surface area contributed by atoms with Crippen LogP contribution in [0.5, 0.6) is 0 Å². The van der Waals surface area contributed by atoms with Gasteiger partial charge in [-0.1, -0.05) is 62.4 Å². The Hall–Kier alpha value is -2.75. The SMILES string of the molecule is Cc1ccccc1-c1cc(CN(C2CC2)C(COC(C)(C)C)CC2CCCCC2)ccc1C(=O)NC(CCS(C)(=O)=O)C(=O)O. The van der Waals surface area contributed by atoms with Crippen molar-refractivity contribution in [3.05, 3.63) is 59.2 Å². The summed E-state index contributed by atoms with van der Waals surface area (Å²) in [5, 5.41) is 12.3. The van der Waals surface area contributed by atoms with E-state index in [0.717, 1.165) is 41.5 Å². The Morgan fingerprint density at radius 2 is 1.71 bits per heavy atom. The van der Waals surface area contributed by atoms with Crippen LogP contribution in [0.15, 0.2) is 42.5 Å². The highest BCUT2D eigenvalue weighted by molar-refractivity contribution is 7.90. The van der Waals surface area contributed by atoms with E-state index in [1.165, 1.54) is 44.9 Å². The molecule has 2 aromatic rings. The largest absolute Gasteiger partial charge is 0.480 e. The predicted octanol–water partition coefficient (Wildman–Crippen LogP) is 6.40. The van der Waals surface area contributed by atoms with Gasteiger partial charge >= 0.3 is 5.97 Å². The van der Waals surface area contributed by atoms with Gasteiger partial charge in [-0.05, 0) is 93.7 Å². The third-order valence-corrected chi connectivity index (χ3v) is 10.0. The van der Waals surface area contributed by atoms with Crippen LogP contribution in [-0.2, 0) is 25.9 Å². The van der Waals surface area contributed by atoms with E-state index in [1.54, 1.807) is 6.07 Å². The van der Waals surface area contributed by atoms with Crippen LogP contribution >= 0.6 is 0 Å². The average molecular weight is 641 g/mol. The number of nitrogens with one attached hydrogen (secondary N) is 1. The van der Waals surface area contributed by atoms with E-state index in [4.69, 9.17) is 4.74 Å². The van der Waals surface area contributed by atoms with Gasteiger partial charge in [0.2, 0.25) is 0 Å². The number of hydrogen-bond donors (Lipinski definition) is 2. The minimum atomic E-state index is -3.39. The molecule has 2 aromatic carbocycles. The number of rotatable bonds is 15. The Morgan fingerprint density at radius 3 is 2.31 bits per heavy atom. The molecule has 0 radical (unpaired) electrons. The number of benzene rings is 2. The van der Waals surface area contributed by atoms with E-state index in [9.17, 15) is 23.1 Å². The molecule has 0 bridgehead atoms. The molecule has 4 rings (SSSR count). The van der Waals surface area contributed by atoms with Crippen LogP contribution in [0.25, 0.3) is 11.1 Å². The molecule has 0 aliphatic heterocycles. The number of sulfone groups is 1.